The molecule has 9 heteroatoms. The van der Waals surface area contributed by atoms with E-state index in [4.69, 9.17) is 23.7 Å². The van der Waals surface area contributed by atoms with Gasteiger partial charge < -0.3 is 23.7 Å². The fourth-order valence-corrected chi connectivity index (χ4v) is 4.88. The minimum Gasteiger partial charge on any atom is -0.466 e. The maximum Gasteiger partial charge on any atom is 0.338 e. The van der Waals surface area contributed by atoms with Crippen LogP contribution in [0.3, 0.4) is 0 Å². The smallest absolute Gasteiger partial charge is 0.338 e. The van der Waals surface area contributed by atoms with Crippen LogP contribution in [0.15, 0.2) is 91.0 Å². The molecule has 3 aromatic rings. The molecule has 1 saturated heterocycles. The summed E-state index contributed by atoms with van der Waals surface area (Å²) in [6, 6.07) is 25.0. The van der Waals surface area contributed by atoms with Crippen molar-refractivity contribution in [3.05, 3.63) is 108 Å². The van der Waals surface area contributed by atoms with Gasteiger partial charge in [-0.1, -0.05) is 54.6 Å². The fraction of sp³-hybridized carbons (Fsp3) is 0.290. The normalized spacial score (nSPS) is 24.6. The molecule has 0 aromatic heterocycles. The van der Waals surface area contributed by atoms with Gasteiger partial charge in [-0.25, -0.2) is 14.4 Å². The molecule has 0 radical (unpaired) electrons. The molecule has 0 N–H and O–H groups in total. The topological polar surface area (TPSA) is 114 Å². The van der Waals surface area contributed by atoms with Gasteiger partial charge in [0.1, 0.15) is 18.8 Å². The average molecular weight is 545 g/mol. The van der Waals surface area contributed by atoms with E-state index in [1.165, 1.54) is 0 Å². The summed E-state index contributed by atoms with van der Waals surface area (Å²) >= 11 is 0. The molecule has 9 nitrogen and oxygen atoms in total. The van der Waals surface area contributed by atoms with Crippen molar-refractivity contribution >= 4 is 23.9 Å². The Kier molecular flexibility index (Phi) is 8.21. The largest absolute Gasteiger partial charge is 0.466 e. The highest BCUT2D eigenvalue weighted by Crippen LogP contribution is 2.52. The lowest BCUT2D eigenvalue weighted by molar-refractivity contribution is -0.158. The van der Waals surface area contributed by atoms with Gasteiger partial charge in [-0.2, -0.15) is 0 Å². The van der Waals surface area contributed by atoms with Crippen LogP contribution in [0.5, 0.6) is 0 Å². The molecular weight excluding hydrogens is 516 g/mol. The molecule has 2 aliphatic rings. The van der Waals surface area contributed by atoms with E-state index in [0.717, 1.165) is 0 Å². The van der Waals surface area contributed by atoms with Gasteiger partial charge in [0.2, 0.25) is 0 Å². The molecule has 206 valence electrons. The number of benzene rings is 3. The van der Waals surface area contributed by atoms with Crippen LogP contribution in [0.1, 0.15) is 38.0 Å². The number of ether oxygens (including phenoxy) is 5. The van der Waals surface area contributed by atoms with Gasteiger partial charge in [-0.3, -0.25) is 4.79 Å². The Morgan fingerprint density at radius 3 is 1.62 bits per heavy atom. The first-order valence-corrected chi connectivity index (χ1v) is 13.0. The minimum atomic E-state index is -1.18. The van der Waals surface area contributed by atoms with Crippen LogP contribution in [0.2, 0.25) is 0 Å². The third-order valence-corrected chi connectivity index (χ3v) is 6.86. The monoisotopic (exact) mass is 544 g/mol. The van der Waals surface area contributed by atoms with Gasteiger partial charge >= 0.3 is 23.9 Å². The molecule has 5 rings (SSSR count). The quantitative estimate of drug-likeness (QED) is 0.292. The minimum absolute atomic E-state index is 0.160. The summed E-state index contributed by atoms with van der Waals surface area (Å²) in [6.07, 6.45) is -3.92. The molecule has 1 saturated carbocycles. The molecule has 1 heterocycles. The Hall–Kier alpha value is -4.50. The Morgan fingerprint density at radius 2 is 1.12 bits per heavy atom. The van der Waals surface area contributed by atoms with Crippen molar-refractivity contribution in [2.75, 3.05) is 13.2 Å². The van der Waals surface area contributed by atoms with E-state index < -0.39 is 60.1 Å². The van der Waals surface area contributed by atoms with Gasteiger partial charge in [-0.05, 0) is 43.3 Å². The van der Waals surface area contributed by atoms with Crippen LogP contribution in [-0.4, -0.2) is 61.5 Å². The predicted molar refractivity (Wildman–Crippen MR) is 140 cm³/mol. The first kappa shape index (κ1) is 27.1. The van der Waals surface area contributed by atoms with E-state index in [2.05, 4.69) is 0 Å². The summed E-state index contributed by atoms with van der Waals surface area (Å²) in [5.74, 6) is -3.78. The van der Waals surface area contributed by atoms with Gasteiger partial charge in [0, 0.05) is 5.92 Å². The SMILES string of the molecule is CCOC(=O)[C@@H]1[C@H]2O[C@H](COC(=O)c3ccccc3)[C@H](OC(=O)c3ccccc3)[C@H](OC(=O)c3ccccc3)[C@H]21. The van der Waals surface area contributed by atoms with E-state index >= 15 is 0 Å². The van der Waals surface area contributed by atoms with Crippen LogP contribution in [0, 0.1) is 11.8 Å². The maximum atomic E-state index is 13.1. The van der Waals surface area contributed by atoms with Gasteiger partial charge in [-0.15, -0.1) is 0 Å². The van der Waals surface area contributed by atoms with Crippen molar-refractivity contribution in [3.8, 4) is 0 Å². The molecule has 0 spiro atoms. The summed E-state index contributed by atoms with van der Waals surface area (Å²) in [4.78, 5) is 51.7. The second kappa shape index (κ2) is 12.1. The first-order chi connectivity index (χ1) is 19.5. The number of carbonyl (C=O) groups excluding carboxylic acids is 4. The van der Waals surface area contributed by atoms with E-state index in [-0.39, 0.29) is 18.8 Å². The van der Waals surface area contributed by atoms with E-state index in [0.29, 0.717) is 11.1 Å². The van der Waals surface area contributed by atoms with E-state index in [1.807, 2.05) is 0 Å². The number of rotatable bonds is 9. The number of hydrogen-bond acceptors (Lipinski definition) is 9. The lowest BCUT2D eigenvalue weighted by Crippen LogP contribution is -2.52. The third kappa shape index (κ3) is 5.89. The van der Waals surface area contributed by atoms with Crippen molar-refractivity contribution in [2.45, 2.75) is 31.3 Å². The first-order valence-electron chi connectivity index (χ1n) is 13.0. The van der Waals surface area contributed by atoms with Gasteiger partial charge in [0.15, 0.2) is 6.10 Å². The number of carbonyl (C=O) groups is 4. The molecule has 1 aliphatic carbocycles. The van der Waals surface area contributed by atoms with E-state index in [9.17, 15) is 19.2 Å². The molecule has 0 unspecified atom stereocenters. The highest BCUT2D eigenvalue weighted by molar-refractivity contribution is 5.91. The summed E-state index contributed by atoms with van der Waals surface area (Å²) < 4.78 is 28.7. The zero-order valence-corrected chi connectivity index (χ0v) is 21.7. The van der Waals surface area contributed by atoms with Crippen molar-refractivity contribution in [2.24, 2.45) is 11.8 Å². The summed E-state index contributed by atoms with van der Waals surface area (Å²) in [5, 5.41) is 0. The maximum absolute atomic E-state index is 13.1. The van der Waals surface area contributed by atoms with Crippen LogP contribution in [0.4, 0.5) is 0 Å². The van der Waals surface area contributed by atoms with Crippen LogP contribution >= 0.6 is 0 Å². The molecule has 1 aliphatic heterocycles. The highest BCUT2D eigenvalue weighted by atomic mass is 16.6. The molecule has 2 fully saturated rings. The second-order valence-corrected chi connectivity index (χ2v) is 9.43. The second-order valence-electron chi connectivity index (χ2n) is 9.43. The molecule has 0 bridgehead atoms. The summed E-state index contributed by atoms with van der Waals surface area (Å²) in [7, 11) is 0. The Morgan fingerprint density at radius 1 is 0.650 bits per heavy atom. The zero-order valence-electron chi connectivity index (χ0n) is 21.7. The predicted octanol–water partition coefficient (Wildman–Crippen LogP) is 3.87. The van der Waals surface area contributed by atoms with Crippen molar-refractivity contribution in [3.63, 3.8) is 0 Å². The number of hydrogen-bond donors (Lipinski definition) is 0. The Labute approximate surface area is 230 Å². The third-order valence-electron chi connectivity index (χ3n) is 6.86. The lowest BCUT2D eigenvalue weighted by atomic mass is 9.99. The lowest BCUT2D eigenvalue weighted by Gasteiger charge is -2.36. The van der Waals surface area contributed by atoms with Gasteiger partial charge in [0.25, 0.3) is 0 Å². The van der Waals surface area contributed by atoms with Crippen LogP contribution in [-0.2, 0) is 28.5 Å². The number of esters is 4. The van der Waals surface area contributed by atoms with Crippen molar-refractivity contribution in [1.82, 2.24) is 0 Å². The Bertz CT molecular complexity index is 1340. The number of fused-ring (bicyclic) bond motifs is 1. The molecule has 3 aromatic carbocycles. The molecule has 40 heavy (non-hydrogen) atoms. The standard InChI is InChI=1S/C31H28O9/c1-2-36-31(35)24-23-26(24)38-22(18-37-28(32)19-12-6-3-7-13-19)25(39-29(33)20-14-8-4-9-15-20)27(23)40-30(34)21-16-10-5-11-17-21/h3-17,22-27H,2,18H2,1H3/t22-,23+,24+,25+,26+,27-/m1/s1. The molecule has 0 amide bonds. The van der Waals surface area contributed by atoms with Crippen molar-refractivity contribution in [1.29, 1.82) is 0 Å². The van der Waals surface area contributed by atoms with Gasteiger partial charge in [0.05, 0.1) is 35.3 Å². The average Bonchev–Trinajstić information content (AvgIpc) is 3.72. The van der Waals surface area contributed by atoms with Crippen LogP contribution in [0.25, 0.3) is 0 Å². The molecule has 6 atom stereocenters. The van der Waals surface area contributed by atoms with Crippen molar-refractivity contribution < 1.29 is 42.9 Å². The van der Waals surface area contributed by atoms with Crippen LogP contribution < -0.4 is 0 Å². The summed E-state index contributed by atoms with van der Waals surface area (Å²) in [6.45, 7) is 1.54. The highest BCUT2D eigenvalue weighted by Gasteiger charge is 2.69. The molecular formula is C31H28O9. The summed E-state index contributed by atoms with van der Waals surface area (Å²) in [5.41, 5.74) is 0.895. The zero-order chi connectivity index (χ0) is 28.1. The Balaban J connectivity index is 1.44. The fourth-order valence-electron chi connectivity index (χ4n) is 4.88. The van der Waals surface area contributed by atoms with E-state index in [1.54, 1.807) is 97.9 Å².